The van der Waals surface area contributed by atoms with Crippen molar-refractivity contribution in [1.82, 2.24) is 4.90 Å². The van der Waals surface area contributed by atoms with Crippen LogP contribution >= 0.6 is 0 Å². The number of likely N-dealkylation sites (tertiary alicyclic amines) is 1. The van der Waals surface area contributed by atoms with E-state index in [4.69, 9.17) is 4.74 Å². The standard InChI is InChI=1S/C26H34N2O3/c1-18-13-20-16-28(25(29)14-19-9-5-7-11-23(19)27(2)3)17-22(20)26(30,15-18)21-10-6-8-12-24(21)31-4/h5-12,18,20,22,30H,13-17H2,1-4H3. The van der Waals surface area contributed by atoms with Crippen molar-refractivity contribution < 1.29 is 14.6 Å². The minimum atomic E-state index is -0.981. The monoisotopic (exact) mass is 422 g/mol. The lowest BCUT2D eigenvalue weighted by atomic mass is 9.64. The first-order valence-electron chi connectivity index (χ1n) is 11.2. The Labute approximate surface area is 185 Å². The van der Waals surface area contributed by atoms with Crippen molar-refractivity contribution in [2.75, 3.05) is 39.2 Å². The van der Waals surface area contributed by atoms with E-state index in [2.05, 4.69) is 17.9 Å². The van der Waals surface area contributed by atoms with Gasteiger partial charge < -0.3 is 19.6 Å². The molecule has 0 bridgehead atoms. The molecule has 1 saturated heterocycles. The highest BCUT2D eigenvalue weighted by Crippen LogP contribution is 2.52. The average Bonchev–Trinajstić information content (AvgIpc) is 3.19. The zero-order valence-electron chi connectivity index (χ0n) is 19.0. The quantitative estimate of drug-likeness (QED) is 0.798. The Morgan fingerprint density at radius 1 is 1.16 bits per heavy atom. The van der Waals surface area contributed by atoms with Gasteiger partial charge in [0.15, 0.2) is 0 Å². The van der Waals surface area contributed by atoms with Crippen molar-refractivity contribution in [2.45, 2.75) is 31.8 Å². The number of carbonyl (C=O) groups excluding carboxylic acids is 1. The number of benzene rings is 2. The number of anilines is 1. The number of ether oxygens (including phenoxy) is 1. The number of amides is 1. The molecule has 5 nitrogen and oxygen atoms in total. The molecule has 1 heterocycles. The molecule has 1 saturated carbocycles. The van der Waals surface area contributed by atoms with Crippen molar-refractivity contribution in [1.29, 1.82) is 0 Å². The van der Waals surface area contributed by atoms with Crippen LogP contribution in [-0.2, 0) is 16.8 Å². The molecule has 4 rings (SSSR count). The van der Waals surface area contributed by atoms with Gasteiger partial charge in [0.2, 0.25) is 5.91 Å². The summed E-state index contributed by atoms with van der Waals surface area (Å²) < 4.78 is 5.59. The van der Waals surface area contributed by atoms with Crippen LogP contribution in [0.3, 0.4) is 0 Å². The molecule has 4 atom stereocenters. The van der Waals surface area contributed by atoms with E-state index in [-0.39, 0.29) is 11.8 Å². The molecule has 1 N–H and O–H groups in total. The summed E-state index contributed by atoms with van der Waals surface area (Å²) in [5, 5.41) is 12.0. The van der Waals surface area contributed by atoms with E-state index in [1.54, 1.807) is 7.11 Å². The van der Waals surface area contributed by atoms with Crippen molar-refractivity contribution in [3.8, 4) is 5.75 Å². The summed E-state index contributed by atoms with van der Waals surface area (Å²) in [6.45, 7) is 3.51. The Kier molecular flexibility index (Phi) is 5.98. The van der Waals surface area contributed by atoms with Gasteiger partial charge in [-0.3, -0.25) is 4.79 Å². The molecule has 0 spiro atoms. The summed E-state index contributed by atoms with van der Waals surface area (Å²) in [7, 11) is 5.66. The summed E-state index contributed by atoms with van der Waals surface area (Å²) in [5.74, 6) is 1.57. The van der Waals surface area contributed by atoms with Crippen LogP contribution in [-0.4, -0.2) is 50.2 Å². The molecular formula is C26H34N2O3. The highest BCUT2D eigenvalue weighted by atomic mass is 16.5. The van der Waals surface area contributed by atoms with Gasteiger partial charge in [-0.05, 0) is 42.4 Å². The normalized spacial score (nSPS) is 27.6. The van der Waals surface area contributed by atoms with Gasteiger partial charge in [0.05, 0.1) is 19.1 Å². The smallest absolute Gasteiger partial charge is 0.227 e. The van der Waals surface area contributed by atoms with E-state index in [9.17, 15) is 9.90 Å². The Balaban J connectivity index is 1.58. The molecule has 31 heavy (non-hydrogen) atoms. The van der Waals surface area contributed by atoms with Crippen LogP contribution in [0.25, 0.3) is 0 Å². The molecule has 1 aliphatic heterocycles. The van der Waals surface area contributed by atoms with Crippen LogP contribution in [0.15, 0.2) is 48.5 Å². The minimum absolute atomic E-state index is 0.0213. The number of fused-ring (bicyclic) bond motifs is 1. The number of hydrogen-bond donors (Lipinski definition) is 1. The van der Waals surface area contributed by atoms with Gasteiger partial charge in [-0.25, -0.2) is 0 Å². The van der Waals surface area contributed by atoms with E-state index in [0.29, 0.717) is 31.2 Å². The number of carbonyl (C=O) groups is 1. The number of methoxy groups -OCH3 is 1. The van der Waals surface area contributed by atoms with Crippen molar-refractivity contribution in [3.63, 3.8) is 0 Å². The molecule has 5 heteroatoms. The van der Waals surface area contributed by atoms with Gasteiger partial charge in [0.25, 0.3) is 0 Å². The van der Waals surface area contributed by atoms with Gasteiger partial charge in [-0.2, -0.15) is 0 Å². The molecule has 2 aromatic rings. The first-order valence-corrected chi connectivity index (χ1v) is 11.2. The second-order valence-electron chi connectivity index (χ2n) is 9.53. The number of aliphatic hydroxyl groups is 1. The summed E-state index contributed by atoms with van der Waals surface area (Å²) in [4.78, 5) is 17.3. The van der Waals surface area contributed by atoms with Crippen LogP contribution in [0.5, 0.6) is 5.75 Å². The largest absolute Gasteiger partial charge is 0.496 e. The molecular weight excluding hydrogens is 388 g/mol. The molecule has 2 aliphatic rings. The summed E-state index contributed by atoms with van der Waals surface area (Å²) in [6, 6.07) is 15.9. The highest BCUT2D eigenvalue weighted by molar-refractivity contribution is 5.81. The fourth-order valence-corrected chi connectivity index (χ4v) is 5.82. The van der Waals surface area contributed by atoms with E-state index in [0.717, 1.165) is 35.5 Å². The third kappa shape index (κ3) is 4.03. The summed E-state index contributed by atoms with van der Waals surface area (Å²) in [6.07, 6.45) is 2.12. The van der Waals surface area contributed by atoms with Crippen LogP contribution in [0, 0.1) is 17.8 Å². The zero-order chi connectivity index (χ0) is 22.2. The number of nitrogens with zero attached hydrogens (tertiary/aromatic N) is 2. The third-order valence-electron chi connectivity index (χ3n) is 7.16. The van der Waals surface area contributed by atoms with Crippen LogP contribution in [0.4, 0.5) is 5.69 Å². The van der Waals surface area contributed by atoms with Gasteiger partial charge in [-0.15, -0.1) is 0 Å². The maximum absolute atomic E-state index is 13.3. The molecule has 166 valence electrons. The van der Waals surface area contributed by atoms with Gasteiger partial charge in [0, 0.05) is 44.4 Å². The fraction of sp³-hybridized carbons (Fsp3) is 0.500. The Morgan fingerprint density at radius 3 is 2.61 bits per heavy atom. The minimum Gasteiger partial charge on any atom is -0.496 e. The molecule has 1 amide bonds. The highest BCUT2D eigenvalue weighted by Gasteiger charge is 2.53. The van der Waals surface area contributed by atoms with Crippen LogP contribution in [0.1, 0.15) is 30.9 Å². The number of para-hydroxylation sites is 2. The Bertz CT molecular complexity index is 944. The average molecular weight is 423 g/mol. The van der Waals surface area contributed by atoms with Gasteiger partial charge in [-0.1, -0.05) is 43.3 Å². The maximum atomic E-state index is 13.3. The van der Waals surface area contributed by atoms with Gasteiger partial charge in [0.1, 0.15) is 5.75 Å². The molecule has 1 aliphatic carbocycles. The number of rotatable bonds is 5. The van der Waals surface area contributed by atoms with E-state index >= 15 is 0 Å². The fourth-order valence-electron chi connectivity index (χ4n) is 5.82. The molecule has 2 fully saturated rings. The first-order chi connectivity index (χ1) is 14.8. The topological polar surface area (TPSA) is 53.0 Å². The molecule has 0 radical (unpaired) electrons. The number of hydrogen-bond acceptors (Lipinski definition) is 4. The van der Waals surface area contributed by atoms with Gasteiger partial charge >= 0.3 is 0 Å². The van der Waals surface area contributed by atoms with E-state index in [1.165, 1.54) is 0 Å². The zero-order valence-corrected chi connectivity index (χ0v) is 19.0. The second kappa shape index (κ2) is 8.54. The van der Waals surface area contributed by atoms with Crippen LogP contribution < -0.4 is 9.64 Å². The first kappa shape index (κ1) is 21.7. The van der Waals surface area contributed by atoms with E-state index in [1.807, 2.05) is 61.5 Å². The Hall–Kier alpha value is -2.53. The SMILES string of the molecule is COc1ccccc1C1(O)CC(C)CC2CN(C(=O)Cc3ccccc3N(C)C)CC21. The van der Waals surface area contributed by atoms with Crippen molar-refractivity contribution in [3.05, 3.63) is 59.7 Å². The Morgan fingerprint density at radius 2 is 1.87 bits per heavy atom. The lowest BCUT2D eigenvalue weighted by molar-refractivity contribution is -0.130. The third-order valence-corrected chi connectivity index (χ3v) is 7.16. The maximum Gasteiger partial charge on any atom is 0.227 e. The molecule has 2 aromatic carbocycles. The van der Waals surface area contributed by atoms with Crippen molar-refractivity contribution >= 4 is 11.6 Å². The lowest BCUT2D eigenvalue weighted by Gasteiger charge is -2.44. The molecule has 4 unspecified atom stereocenters. The predicted molar refractivity (Wildman–Crippen MR) is 123 cm³/mol. The lowest BCUT2D eigenvalue weighted by Crippen LogP contribution is -2.45. The van der Waals surface area contributed by atoms with Crippen LogP contribution in [0.2, 0.25) is 0 Å². The summed E-state index contributed by atoms with van der Waals surface area (Å²) in [5.41, 5.74) is 1.99. The summed E-state index contributed by atoms with van der Waals surface area (Å²) >= 11 is 0. The van der Waals surface area contributed by atoms with E-state index < -0.39 is 5.60 Å². The second-order valence-corrected chi connectivity index (χ2v) is 9.53. The predicted octanol–water partition coefficient (Wildman–Crippen LogP) is 3.70. The molecule has 0 aromatic heterocycles. The van der Waals surface area contributed by atoms with Crippen molar-refractivity contribution in [2.24, 2.45) is 17.8 Å².